The second-order valence-corrected chi connectivity index (χ2v) is 9.87. The van der Waals surface area contributed by atoms with Crippen molar-refractivity contribution in [3.63, 3.8) is 0 Å². The van der Waals surface area contributed by atoms with Crippen LogP contribution in [0.5, 0.6) is 0 Å². The van der Waals surface area contributed by atoms with E-state index < -0.39 is 10.0 Å². The summed E-state index contributed by atoms with van der Waals surface area (Å²) in [6.07, 6.45) is 3.05. The van der Waals surface area contributed by atoms with E-state index in [1.807, 2.05) is 0 Å². The van der Waals surface area contributed by atoms with Gasteiger partial charge in [-0.2, -0.15) is 4.31 Å². The van der Waals surface area contributed by atoms with E-state index in [9.17, 15) is 8.42 Å². The zero-order valence-electron chi connectivity index (χ0n) is 15.8. The number of rotatable bonds is 4. The van der Waals surface area contributed by atoms with Crippen LogP contribution in [0.1, 0.15) is 24.0 Å². The summed E-state index contributed by atoms with van der Waals surface area (Å²) < 4.78 is 27.7. The standard InChI is InChI=1S/C21H25ClN2O2S.ClH/c22-20-9-3-4-10-21(20)27(25,26)24-12-5-6-17(15-24)14-23-13-11-18-7-1-2-8-19(18)16-23;/h1-4,7-10,17H,5-6,11-16H2;1H. The van der Waals surface area contributed by atoms with Crippen molar-refractivity contribution in [1.82, 2.24) is 9.21 Å². The van der Waals surface area contributed by atoms with Crippen LogP contribution in [0.4, 0.5) is 0 Å². The summed E-state index contributed by atoms with van der Waals surface area (Å²) in [7, 11) is -3.53. The van der Waals surface area contributed by atoms with Crippen LogP contribution in [0.2, 0.25) is 5.02 Å². The van der Waals surface area contributed by atoms with Crippen molar-refractivity contribution in [1.29, 1.82) is 0 Å². The van der Waals surface area contributed by atoms with Crippen LogP contribution in [0.15, 0.2) is 53.4 Å². The highest BCUT2D eigenvalue weighted by molar-refractivity contribution is 7.89. The van der Waals surface area contributed by atoms with Gasteiger partial charge in [0, 0.05) is 32.7 Å². The van der Waals surface area contributed by atoms with Crippen molar-refractivity contribution < 1.29 is 8.42 Å². The first-order chi connectivity index (χ1) is 13.0. The molecule has 1 saturated heterocycles. The first-order valence-electron chi connectivity index (χ1n) is 9.58. The Hall–Kier alpha value is -1.11. The van der Waals surface area contributed by atoms with Crippen LogP contribution >= 0.6 is 24.0 Å². The van der Waals surface area contributed by atoms with E-state index in [-0.39, 0.29) is 17.3 Å². The molecule has 4 rings (SSSR count). The molecule has 28 heavy (non-hydrogen) atoms. The van der Waals surface area contributed by atoms with Crippen LogP contribution in [-0.2, 0) is 23.0 Å². The van der Waals surface area contributed by atoms with Gasteiger partial charge in [-0.1, -0.05) is 48.0 Å². The summed E-state index contributed by atoms with van der Waals surface area (Å²) in [6, 6.07) is 15.3. The lowest BCUT2D eigenvalue weighted by atomic mass is 9.95. The molecule has 7 heteroatoms. The number of hydrogen-bond donors (Lipinski definition) is 0. The molecule has 0 aromatic heterocycles. The molecule has 0 aliphatic carbocycles. The lowest BCUT2D eigenvalue weighted by Crippen LogP contribution is -2.44. The molecule has 0 spiro atoms. The molecular weight excluding hydrogens is 415 g/mol. The molecule has 2 heterocycles. The van der Waals surface area contributed by atoms with Crippen LogP contribution in [0.3, 0.4) is 0 Å². The van der Waals surface area contributed by atoms with E-state index in [4.69, 9.17) is 11.6 Å². The minimum atomic E-state index is -3.53. The Bertz CT molecular complexity index is 920. The second kappa shape index (κ2) is 9.14. The number of sulfonamides is 1. The zero-order chi connectivity index (χ0) is 18.9. The average molecular weight is 441 g/mol. The molecule has 0 radical (unpaired) electrons. The highest BCUT2D eigenvalue weighted by Crippen LogP contribution is 2.29. The average Bonchev–Trinajstić information content (AvgIpc) is 2.68. The topological polar surface area (TPSA) is 40.6 Å². The SMILES string of the molecule is Cl.O=S(=O)(c1ccccc1Cl)N1CCCC(CN2CCc3ccccc3C2)C1. The summed E-state index contributed by atoms with van der Waals surface area (Å²) in [5, 5.41) is 0.298. The maximum Gasteiger partial charge on any atom is 0.244 e. The van der Waals surface area contributed by atoms with Gasteiger partial charge < -0.3 is 0 Å². The summed E-state index contributed by atoms with van der Waals surface area (Å²) >= 11 is 6.15. The minimum Gasteiger partial charge on any atom is -0.298 e. The van der Waals surface area contributed by atoms with Gasteiger partial charge in [-0.15, -0.1) is 12.4 Å². The fourth-order valence-corrected chi connectivity index (χ4v) is 6.31. The van der Waals surface area contributed by atoms with Crippen molar-refractivity contribution >= 4 is 34.0 Å². The van der Waals surface area contributed by atoms with Gasteiger partial charge in [0.25, 0.3) is 0 Å². The molecule has 0 amide bonds. The van der Waals surface area contributed by atoms with Gasteiger partial charge in [-0.25, -0.2) is 8.42 Å². The summed E-state index contributed by atoms with van der Waals surface area (Å²) in [5.41, 5.74) is 2.85. The maximum atomic E-state index is 13.0. The molecule has 2 aliphatic rings. The Kier molecular flexibility index (Phi) is 7.05. The van der Waals surface area contributed by atoms with Crippen molar-refractivity contribution in [3.05, 3.63) is 64.7 Å². The Labute approximate surface area is 178 Å². The van der Waals surface area contributed by atoms with Crippen molar-refractivity contribution in [3.8, 4) is 0 Å². The van der Waals surface area contributed by atoms with E-state index in [0.717, 1.165) is 38.9 Å². The van der Waals surface area contributed by atoms with Gasteiger partial charge in [0.2, 0.25) is 10.0 Å². The van der Waals surface area contributed by atoms with E-state index >= 15 is 0 Å². The fraction of sp³-hybridized carbons (Fsp3) is 0.429. The third kappa shape index (κ3) is 4.55. The number of nitrogens with zero attached hydrogens (tertiary/aromatic N) is 2. The van der Waals surface area contributed by atoms with Crippen LogP contribution in [0.25, 0.3) is 0 Å². The first-order valence-corrected chi connectivity index (χ1v) is 11.4. The van der Waals surface area contributed by atoms with E-state index in [1.54, 1.807) is 28.6 Å². The fourth-order valence-electron chi connectivity index (χ4n) is 4.26. The molecule has 1 unspecified atom stereocenters. The molecule has 1 fully saturated rings. The predicted octanol–water partition coefficient (Wildman–Crippen LogP) is 4.22. The minimum absolute atomic E-state index is 0. The van der Waals surface area contributed by atoms with Crippen LogP contribution < -0.4 is 0 Å². The van der Waals surface area contributed by atoms with E-state index in [2.05, 4.69) is 29.2 Å². The monoisotopic (exact) mass is 440 g/mol. The molecule has 4 nitrogen and oxygen atoms in total. The van der Waals surface area contributed by atoms with Gasteiger partial charge in [0.15, 0.2) is 0 Å². The molecule has 0 bridgehead atoms. The normalized spacial score (nSPS) is 21.0. The molecule has 2 aromatic rings. The van der Waals surface area contributed by atoms with Crippen molar-refractivity contribution in [2.75, 3.05) is 26.2 Å². The van der Waals surface area contributed by atoms with Gasteiger partial charge in [-0.05, 0) is 48.4 Å². The Morgan fingerprint density at radius 3 is 2.50 bits per heavy atom. The highest BCUT2D eigenvalue weighted by Gasteiger charge is 2.32. The van der Waals surface area contributed by atoms with Gasteiger partial charge in [0.1, 0.15) is 4.90 Å². The third-order valence-corrected chi connectivity index (χ3v) is 8.03. The van der Waals surface area contributed by atoms with E-state index in [1.165, 1.54) is 11.1 Å². The Morgan fingerprint density at radius 2 is 1.71 bits per heavy atom. The van der Waals surface area contributed by atoms with Gasteiger partial charge >= 0.3 is 0 Å². The quantitative estimate of drug-likeness (QED) is 0.714. The summed E-state index contributed by atoms with van der Waals surface area (Å²) in [4.78, 5) is 2.69. The molecule has 2 aliphatic heterocycles. The molecule has 152 valence electrons. The van der Waals surface area contributed by atoms with E-state index in [0.29, 0.717) is 24.0 Å². The van der Waals surface area contributed by atoms with Crippen molar-refractivity contribution in [2.24, 2.45) is 5.92 Å². The Morgan fingerprint density at radius 1 is 1.00 bits per heavy atom. The maximum absolute atomic E-state index is 13.0. The number of hydrogen-bond acceptors (Lipinski definition) is 3. The van der Waals surface area contributed by atoms with Gasteiger partial charge in [0.05, 0.1) is 5.02 Å². The summed E-state index contributed by atoms with van der Waals surface area (Å²) in [5.74, 6) is 0.362. The first kappa shape index (κ1) is 21.6. The predicted molar refractivity (Wildman–Crippen MR) is 116 cm³/mol. The van der Waals surface area contributed by atoms with Crippen molar-refractivity contribution in [2.45, 2.75) is 30.7 Å². The number of fused-ring (bicyclic) bond motifs is 1. The smallest absolute Gasteiger partial charge is 0.244 e. The largest absolute Gasteiger partial charge is 0.298 e. The second-order valence-electron chi connectivity index (χ2n) is 7.56. The number of halogens is 2. The molecule has 0 N–H and O–H groups in total. The Balaban J connectivity index is 0.00000225. The summed E-state index contributed by atoms with van der Waals surface area (Å²) in [6.45, 7) is 4.11. The molecule has 2 aromatic carbocycles. The lowest BCUT2D eigenvalue weighted by Gasteiger charge is -2.36. The highest BCUT2D eigenvalue weighted by atomic mass is 35.5. The molecule has 0 saturated carbocycles. The van der Waals surface area contributed by atoms with Crippen LogP contribution in [-0.4, -0.2) is 43.8 Å². The lowest BCUT2D eigenvalue weighted by molar-refractivity contribution is 0.167. The molecular formula is C21H26Cl2N2O2S. The molecule has 1 atom stereocenters. The van der Waals surface area contributed by atoms with Gasteiger partial charge in [-0.3, -0.25) is 4.90 Å². The number of benzene rings is 2. The number of piperidine rings is 1. The van der Waals surface area contributed by atoms with Crippen LogP contribution in [0, 0.1) is 5.92 Å². The zero-order valence-corrected chi connectivity index (χ0v) is 18.1. The third-order valence-electron chi connectivity index (χ3n) is 5.66.